The highest BCUT2D eigenvalue weighted by Gasteiger charge is 2.44. The molecule has 23 heavy (non-hydrogen) atoms. The van der Waals surface area contributed by atoms with E-state index in [0.29, 0.717) is 11.8 Å². The van der Waals surface area contributed by atoms with Crippen LogP contribution in [0.2, 0.25) is 0 Å². The van der Waals surface area contributed by atoms with Crippen LogP contribution in [0.15, 0.2) is 11.4 Å². The van der Waals surface area contributed by atoms with Gasteiger partial charge in [0.1, 0.15) is 35.5 Å². The van der Waals surface area contributed by atoms with E-state index < -0.39 is 36.4 Å². The van der Waals surface area contributed by atoms with Gasteiger partial charge in [-0.15, -0.1) is 0 Å². The summed E-state index contributed by atoms with van der Waals surface area (Å²) in [6.45, 7) is -0.478. The first-order valence-corrected chi connectivity index (χ1v) is 7.34. The fourth-order valence-electron chi connectivity index (χ4n) is 2.39. The van der Waals surface area contributed by atoms with Crippen LogP contribution in [0.3, 0.4) is 0 Å². The number of hydrogen-bond acceptors (Lipinski definition) is 10. The number of aromatic nitrogens is 4. The van der Waals surface area contributed by atoms with Crippen LogP contribution in [0.25, 0.3) is 11.0 Å². The molecule has 0 unspecified atom stereocenters. The van der Waals surface area contributed by atoms with Gasteiger partial charge < -0.3 is 31.5 Å². The van der Waals surface area contributed by atoms with E-state index in [4.69, 9.17) is 21.3 Å². The molecule has 2 aromatic rings. The molecule has 7 N–H and O–H groups in total. The summed E-state index contributed by atoms with van der Waals surface area (Å²) in [4.78, 5) is 19.0. The van der Waals surface area contributed by atoms with Gasteiger partial charge in [-0.1, -0.05) is 0 Å². The van der Waals surface area contributed by atoms with Crippen molar-refractivity contribution < 1.29 is 24.9 Å². The lowest BCUT2D eigenvalue weighted by Crippen LogP contribution is -2.33. The number of amides is 1. The molecule has 0 radical (unpaired) electrons. The maximum Gasteiger partial charge on any atom is 0.282 e. The maximum atomic E-state index is 11.2. The second kappa shape index (κ2) is 5.90. The number of hydrogen-bond donors (Lipinski definition) is 5. The predicted octanol–water partition coefficient (Wildman–Crippen LogP) is -1.81. The minimum Gasteiger partial charge on any atom is -0.394 e. The van der Waals surface area contributed by atoms with Crippen LogP contribution >= 0.6 is 11.8 Å². The molecule has 12 heteroatoms. The van der Waals surface area contributed by atoms with Gasteiger partial charge >= 0.3 is 0 Å². The molecular weight excluding hydrogens is 328 g/mol. The van der Waals surface area contributed by atoms with E-state index in [9.17, 15) is 15.0 Å². The van der Waals surface area contributed by atoms with Gasteiger partial charge in [-0.2, -0.15) is 5.10 Å². The Kier molecular flexibility index (Phi) is 4.08. The average Bonchev–Trinajstić information content (AvgIpc) is 2.99. The lowest BCUT2D eigenvalue weighted by Gasteiger charge is -2.15. The normalized spacial score (nSPS) is 27.6. The van der Waals surface area contributed by atoms with Crippen LogP contribution in [0.1, 0.15) is 6.23 Å². The summed E-state index contributed by atoms with van der Waals surface area (Å²) in [7, 11) is 0. The molecule has 11 nitrogen and oxygen atoms in total. The van der Waals surface area contributed by atoms with Gasteiger partial charge in [0.05, 0.1) is 12.0 Å². The zero-order valence-corrected chi connectivity index (χ0v) is 12.4. The Morgan fingerprint density at radius 2 is 2.13 bits per heavy atom. The van der Waals surface area contributed by atoms with Crippen LogP contribution in [-0.2, 0) is 4.74 Å². The average molecular weight is 342 g/mol. The van der Waals surface area contributed by atoms with Crippen molar-refractivity contribution >= 4 is 33.9 Å². The number of thioether (sulfide) groups is 1. The van der Waals surface area contributed by atoms with E-state index in [1.165, 1.54) is 11.0 Å². The van der Waals surface area contributed by atoms with Crippen LogP contribution in [0.5, 0.6) is 0 Å². The molecule has 0 aliphatic carbocycles. The Bertz CT molecular complexity index is 754. The number of primary amides is 1. The van der Waals surface area contributed by atoms with Crippen LogP contribution in [0.4, 0.5) is 10.6 Å². The number of aliphatic hydroxyl groups excluding tert-OH is 3. The van der Waals surface area contributed by atoms with Crippen molar-refractivity contribution in [2.75, 3.05) is 12.3 Å². The summed E-state index contributed by atoms with van der Waals surface area (Å²) in [5.41, 5.74) is 11.2. The molecule has 0 spiro atoms. The van der Waals surface area contributed by atoms with Crippen LogP contribution in [-0.4, -0.2) is 65.2 Å². The van der Waals surface area contributed by atoms with Gasteiger partial charge in [-0.25, -0.2) is 14.6 Å². The van der Waals surface area contributed by atoms with Crippen LogP contribution in [0, 0.1) is 0 Å². The first kappa shape index (κ1) is 15.9. The molecule has 1 fully saturated rings. The van der Waals surface area contributed by atoms with Gasteiger partial charge in [0.15, 0.2) is 11.9 Å². The molecule has 0 bridgehead atoms. The number of nitrogens with zero attached hydrogens (tertiary/aromatic N) is 4. The minimum atomic E-state index is -1.35. The highest BCUT2D eigenvalue weighted by Crippen LogP contribution is 2.35. The Labute approximate surface area is 133 Å². The van der Waals surface area contributed by atoms with Crippen molar-refractivity contribution in [1.29, 1.82) is 0 Å². The van der Waals surface area contributed by atoms with E-state index >= 15 is 0 Å². The van der Waals surface area contributed by atoms with Gasteiger partial charge in [0.25, 0.3) is 5.24 Å². The summed E-state index contributed by atoms with van der Waals surface area (Å²) in [5, 5.41) is 33.0. The lowest BCUT2D eigenvalue weighted by atomic mass is 10.1. The first-order valence-electron chi connectivity index (χ1n) is 6.52. The summed E-state index contributed by atoms with van der Waals surface area (Å²) in [6.07, 6.45) is -3.54. The van der Waals surface area contributed by atoms with Crippen LogP contribution < -0.4 is 11.5 Å². The topological polar surface area (TPSA) is 183 Å². The highest BCUT2D eigenvalue weighted by molar-refractivity contribution is 8.13. The number of carbonyl (C=O) groups excluding carboxylic acids is 1. The summed E-state index contributed by atoms with van der Waals surface area (Å²) < 4.78 is 6.59. The number of rotatable bonds is 3. The Balaban J connectivity index is 2.11. The van der Waals surface area contributed by atoms with E-state index in [1.807, 2.05) is 0 Å². The van der Waals surface area contributed by atoms with Crippen molar-refractivity contribution in [2.24, 2.45) is 5.73 Å². The fraction of sp³-hybridized carbons (Fsp3) is 0.455. The number of anilines is 1. The molecular formula is C11H14N6O5S. The van der Waals surface area contributed by atoms with E-state index in [-0.39, 0.29) is 21.9 Å². The first-order chi connectivity index (χ1) is 10.9. The van der Waals surface area contributed by atoms with E-state index in [1.54, 1.807) is 0 Å². The highest BCUT2D eigenvalue weighted by atomic mass is 32.2. The van der Waals surface area contributed by atoms with Crippen molar-refractivity contribution in [3.8, 4) is 0 Å². The number of nitrogen functional groups attached to an aromatic ring is 1. The molecule has 0 saturated carbocycles. The Morgan fingerprint density at radius 1 is 1.39 bits per heavy atom. The summed E-state index contributed by atoms with van der Waals surface area (Å²) in [5.74, 6) is 0.0803. The number of ether oxygens (including phenoxy) is 1. The molecule has 1 saturated heterocycles. The third kappa shape index (κ3) is 2.60. The molecule has 4 atom stereocenters. The molecule has 3 heterocycles. The monoisotopic (exact) mass is 342 g/mol. The number of carbonyl (C=O) groups is 1. The summed E-state index contributed by atoms with van der Waals surface area (Å²) >= 11 is 0.628. The lowest BCUT2D eigenvalue weighted by molar-refractivity contribution is -0.0571. The molecule has 1 aliphatic rings. The molecule has 2 aromatic heterocycles. The number of nitrogens with two attached hydrogens (primary N) is 2. The molecule has 1 aliphatic heterocycles. The van der Waals surface area contributed by atoms with Crippen molar-refractivity contribution in [3.05, 3.63) is 6.33 Å². The standard InChI is InChI=1S/C11H14N6O5S/c12-7-4-8(15-2-14-7)17(16-9(4)23-11(13)21)10-6(20)5(19)3(1-18)22-10/h2-3,5-6,10,18-20H,1H2,(H2,13,21)(H2,12,14,15)/t3-,5-,6-,10-/m1/s1. The van der Waals surface area contributed by atoms with Gasteiger partial charge in [0, 0.05) is 0 Å². The van der Waals surface area contributed by atoms with E-state index in [0.717, 1.165) is 0 Å². The van der Waals surface area contributed by atoms with Gasteiger partial charge in [0.2, 0.25) is 0 Å². The number of aliphatic hydroxyl groups is 3. The zero-order valence-electron chi connectivity index (χ0n) is 11.6. The second-order valence-corrected chi connectivity index (χ2v) is 5.85. The Hall–Kier alpha value is -1.99. The summed E-state index contributed by atoms with van der Waals surface area (Å²) in [6, 6.07) is 0. The largest absolute Gasteiger partial charge is 0.394 e. The molecule has 124 valence electrons. The fourth-order valence-corrected chi connectivity index (χ4v) is 3.01. The zero-order chi connectivity index (χ0) is 16.7. The quantitative estimate of drug-likeness (QED) is 0.398. The van der Waals surface area contributed by atoms with Gasteiger partial charge in [-0.05, 0) is 11.8 Å². The van der Waals surface area contributed by atoms with Crippen molar-refractivity contribution in [3.63, 3.8) is 0 Å². The van der Waals surface area contributed by atoms with E-state index in [2.05, 4.69) is 15.1 Å². The third-order valence-corrected chi connectivity index (χ3v) is 4.12. The third-order valence-electron chi connectivity index (χ3n) is 3.44. The molecule has 1 amide bonds. The van der Waals surface area contributed by atoms with Crippen molar-refractivity contribution in [1.82, 2.24) is 19.7 Å². The smallest absolute Gasteiger partial charge is 0.282 e. The Morgan fingerprint density at radius 3 is 2.74 bits per heavy atom. The predicted molar refractivity (Wildman–Crippen MR) is 78.2 cm³/mol. The second-order valence-electron chi connectivity index (χ2n) is 4.86. The number of fused-ring (bicyclic) bond motifs is 1. The molecule has 3 rings (SSSR count). The van der Waals surface area contributed by atoms with Gasteiger partial charge in [-0.3, -0.25) is 4.79 Å². The van der Waals surface area contributed by atoms with Crippen molar-refractivity contribution in [2.45, 2.75) is 29.6 Å². The SMILES string of the molecule is NC(=O)Sc1nn([C@@H]2O[C@H](CO)[C@@H](O)[C@H]2O)c2ncnc(N)c12. The molecule has 0 aromatic carbocycles. The maximum absolute atomic E-state index is 11.2. The minimum absolute atomic E-state index is 0.0803.